The van der Waals surface area contributed by atoms with Crippen molar-refractivity contribution in [2.45, 2.75) is 6.10 Å². The standard InChI is InChI=1S/C18H18FNO2S/c1-20-14-5-2-12(3-6-14)17-8-13-4-7-16(9-18(13)23-17)22-11-15(21)10-19/h2-9,15,20-21H,10-11H2,1H3. The Kier molecular flexibility index (Phi) is 4.79. The summed E-state index contributed by atoms with van der Waals surface area (Å²) in [5.74, 6) is 0.643. The summed E-state index contributed by atoms with van der Waals surface area (Å²) in [7, 11) is 1.90. The van der Waals surface area contributed by atoms with Gasteiger partial charge >= 0.3 is 0 Å². The molecule has 0 saturated heterocycles. The predicted molar refractivity (Wildman–Crippen MR) is 94.3 cm³/mol. The van der Waals surface area contributed by atoms with Crippen molar-refractivity contribution in [3.8, 4) is 16.2 Å². The maximum atomic E-state index is 12.3. The van der Waals surface area contributed by atoms with Crippen molar-refractivity contribution in [3.63, 3.8) is 0 Å². The van der Waals surface area contributed by atoms with E-state index in [1.807, 2.05) is 37.4 Å². The van der Waals surface area contributed by atoms with Crippen molar-refractivity contribution in [3.05, 3.63) is 48.5 Å². The maximum Gasteiger partial charge on any atom is 0.120 e. The third-order valence-electron chi connectivity index (χ3n) is 3.57. The summed E-state index contributed by atoms with van der Waals surface area (Å²) >= 11 is 1.68. The highest BCUT2D eigenvalue weighted by Gasteiger charge is 2.08. The molecule has 3 rings (SSSR count). The summed E-state index contributed by atoms with van der Waals surface area (Å²) in [6.07, 6.45) is -1.07. The second-order valence-electron chi connectivity index (χ2n) is 5.26. The lowest BCUT2D eigenvalue weighted by Gasteiger charge is -2.08. The highest BCUT2D eigenvalue weighted by molar-refractivity contribution is 7.22. The predicted octanol–water partition coefficient (Wildman–Crippen LogP) is 4.32. The van der Waals surface area contributed by atoms with Gasteiger partial charge in [0.05, 0.1) is 0 Å². The molecule has 0 saturated carbocycles. The third kappa shape index (κ3) is 3.63. The van der Waals surface area contributed by atoms with Crippen LogP contribution in [0, 0.1) is 0 Å². The zero-order chi connectivity index (χ0) is 16.2. The van der Waals surface area contributed by atoms with Gasteiger partial charge in [-0.1, -0.05) is 12.1 Å². The number of anilines is 1. The fourth-order valence-corrected chi connectivity index (χ4v) is 3.38. The molecule has 0 fully saturated rings. The third-order valence-corrected chi connectivity index (χ3v) is 4.72. The van der Waals surface area contributed by atoms with Gasteiger partial charge in [0.2, 0.25) is 0 Å². The Morgan fingerprint density at radius 2 is 1.96 bits per heavy atom. The molecule has 0 amide bonds. The number of nitrogens with one attached hydrogen (secondary N) is 1. The summed E-state index contributed by atoms with van der Waals surface area (Å²) in [5.41, 5.74) is 2.25. The van der Waals surface area contributed by atoms with E-state index in [2.05, 4.69) is 23.5 Å². The van der Waals surface area contributed by atoms with Crippen molar-refractivity contribution in [2.75, 3.05) is 25.6 Å². The first-order valence-electron chi connectivity index (χ1n) is 7.38. The average molecular weight is 331 g/mol. The van der Waals surface area contributed by atoms with Gasteiger partial charge in [-0.3, -0.25) is 0 Å². The molecule has 23 heavy (non-hydrogen) atoms. The van der Waals surface area contributed by atoms with Gasteiger partial charge in [0.15, 0.2) is 0 Å². The quantitative estimate of drug-likeness (QED) is 0.707. The van der Waals surface area contributed by atoms with Crippen molar-refractivity contribution < 1.29 is 14.2 Å². The second kappa shape index (κ2) is 6.98. The molecule has 1 aromatic heterocycles. The van der Waals surface area contributed by atoms with Crippen LogP contribution in [0.3, 0.4) is 0 Å². The molecule has 5 heteroatoms. The number of benzene rings is 2. The molecule has 120 valence electrons. The molecule has 2 N–H and O–H groups in total. The van der Waals surface area contributed by atoms with Crippen LogP contribution < -0.4 is 10.1 Å². The van der Waals surface area contributed by atoms with E-state index in [1.54, 1.807) is 11.3 Å². The number of thiophene rings is 1. The minimum absolute atomic E-state index is 0.0360. The summed E-state index contributed by atoms with van der Waals surface area (Å²) in [4.78, 5) is 1.18. The minimum Gasteiger partial charge on any atom is -0.491 e. The first-order valence-corrected chi connectivity index (χ1v) is 8.20. The van der Waals surface area contributed by atoms with Crippen LogP contribution in [0.25, 0.3) is 20.5 Å². The highest BCUT2D eigenvalue weighted by atomic mass is 32.1. The van der Waals surface area contributed by atoms with Gasteiger partial charge in [-0.05, 0) is 47.3 Å². The van der Waals surface area contributed by atoms with Gasteiger partial charge in [0, 0.05) is 22.3 Å². The SMILES string of the molecule is CNc1ccc(-c2cc3ccc(OCC(O)CF)cc3s2)cc1. The summed E-state index contributed by atoms with van der Waals surface area (Å²) in [6.45, 7) is -0.834. The van der Waals surface area contributed by atoms with E-state index in [9.17, 15) is 9.50 Å². The van der Waals surface area contributed by atoms with Gasteiger partial charge in [0.1, 0.15) is 25.1 Å². The lowest BCUT2D eigenvalue weighted by molar-refractivity contribution is 0.0842. The number of alkyl halides is 1. The Balaban J connectivity index is 1.83. The highest BCUT2D eigenvalue weighted by Crippen LogP contribution is 2.35. The summed E-state index contributed by atoms with van der Waals surface area (Å²) in [5, 5.41) is 13.5. The lowest BCUT2D eigenvalue weighted by atomic mass is 10.1. The number of aliphatic hydroxyl groups excluding tert-OH is 1. The van der Waals surface area contributed by atoms with E-state index in [4.69, 9.17) is 4.74 Å². The molecule has 3 nitrogen and oxygen atoms in total. The van der Waals surface area contributed by atoms with Gasteiger partial charge in [-0.15, -0.1) is 11.3 Å². The van der Waals surface area contributed by atoms with Crippen LogP contribution in [-0.2, 0) is 0 Å². The van der Waals surface area contributed by atoms with E-state index in [0.717, 1.165) is 15.8 Å². The van der Waals surface area contributed by atoms with Crippen LogP contribution in [0.5, 0.6) is 5.75 Å². The number of halogens is 1. The van der Waals surface area contributed by atoms with Gasteiger partial charge in [-0.2, -0.15) is 0 Å². The Hall–Kier alpha value is -2.11. The number of rotatable bonds is 6. The van der Waals surface area contributed by atoms with Gasteiger partial charge in [-0.25, -0.2) is 4.39 Å². The van der Waals surface area contributed by atoms with Crippen molar-refractivity contribution in [2.24, 2.45) is 0 Å². The van der Waals surface area contributed by atoms with E-state index >= 15 is 0 Å². The molecule has 0 aliphatic carbocycles. The summed E-state index contributed by atoms with van der Waals surface area (Å²) < 4.78 is 18.8. The average Bonchev–Trinajstić information content (AvgIpc) is 3.03. The van der Waals surface area contributed by atoms with Crippen molar-refractivity contribution in [1.29, 1.82) is 0 Å². The Morgan fingerprint density at radius 3 is 2.65 bits per heavy atom. The van der Waals surface area contributed by atoms with Crippen LogP contribution in [-0.4, -0.2) is 31.5 Å². The van der Waals surface area contributed by atoms with Crippen LogP contribution >= 0.6 is 11.3 Å². The zero-order valence-electron chi connectivity index (χ0n) is 12.8. The van der Waals surface area contributed by atoms with Gasteiger partial charge < -0.3 is 15.2 Å². The van der Waals surface area contributed by atoms with Crippen LogP contribution in [0.4, 0.5) is 10.1 Å². The second-order valence-corrected chi connectivity index (χ2v) is 6.34. The Bertz CT molecular complexity index is 785. The maximum absolute atomic E-state index is 12.3. The van der Waals surface area contributed by atoms with Crippen LogP contribution in [0.1, 0.15) is 0 Å². The van der Waals surface area contributed by atoms with Crippen molar-refractivity contribution >= 4 is 27.1 Å². The fraction of sp³-hybridized carbons (Fsp3) is 0.222. The first kappa shape index (κ1) is 15.8. The molecule has 1 heterocycles. The van der Waals surface area contributed by atoms with E-state index in [0.29, 0.717) is 5.75 Å². The molecule has 2 aromatic carbocycles. The van der Waals surface area contributed by atoms with E-state index in [-0.39, 0.29) is 6.61 Å². The monoisotopic (exact) mass is 331 g/mol. The minimum atomic E-state index is -1.07. The first-order chi connectivity index (χ1) is 11.2. The molecular formula is C18H18FNO2S. The van der Waals surface area contributed by atoms with E-state index in [1.165, 1.54) is 10.4 Å². The molecule has 1 atom stereocenters. The van der Waals surface area contributed by atoms with Crippen LogP contribution in [0.15, 0.2) is 48.5 Å². The topological polar surface area (TPSA) is 41.5 Å². The molecule has 1 unspecified atom stereocenters. The fourth-order valence-electron chi connectivity index (χ4n) is 2.28. The smallest absolute Gasteiger partial charge is 0.120 e. The van der Waals surface area contributed by atoms with Crippen LogP contribution in [0.2, 0.25) is 0 Å². The van der Waals surface area contributed by atoms with Crippen molar-refractivity contribution in [1.82, 2.24) is 0 Å². The largest absolute Gasteiger partial charge is 0.491 e. The number of aliphatic hydroxyl groups is 1. The zero-order valence-corrected chi connectivity index (χ0v) is 13.6. The lowest BCUT2D eigenvalue weighted by Crippen LogP contribution is -2.19. The molecular weight excluding hydrogens is 313 g/mol. The normalized spacial score (nSPS) is 12.3. The number of fused-ring (bicyclic) bond motifs is 1. The Labute approximate surface area is 138 Å². The van der Waals surface area contributed by atoms with E-state index < -0.39 is 12.8 Å². The molecule has 0 spiro atoms. The molecule has 0 radical (unpaired) electrons. The summed E-state index contributed by atoms with van der Waals surface area (Å²) in [6, 6.07) is 16.2. The number of hydrogen-bond acceptors (Lipinski definition) is 4. The van der Waals surface area contributed by atoms with Gasteiger partial charge in [0.25, 0.3) is 0 Å². The molecule has 0 bridgehead atoms. The molecule has 3 aromatic rings. The molecule has 0 aliphatic heterocycles. The molecule has 0 aliphatic rings. The number of hydrogen-bond donors (Lipinski definition) is 2. The number of ether oxygens (including phenoxy) is 1. The Morgan fingerprint density at radius 1 is 1.17 bits per heavy atom.